The van der Waals surface area contributed by atoms with Gasteiger partial charge in [-0.05, 0) is 37.0 Å². The molecule has 1 aliphatic heterocycles. The van der Waals surface area contributed by atoms with E-state index in [9.17, 15) is 9.90 Å². The van der Waals surface area contributed by atoms with Crippen molar-refractivity contribution in [1.29, 1.82) is 0 Å². The highest BCUT2D eigenvalue weighted by Crippen LogP contribution is 2.27. The maximum Gasteiger partial charge on any atom is 0.257 e. The van der Waals surface area contributed by atoms with Crippen molar-refractivity contribution in [2.75, 3.05) is 19.0 Å². The molecule has 1 aliphatic rings. The fraction of sp³-hybridized carbons (Fsp3) is 0.462. The van der Waals surface area contributed by atoms with Crippen LogP contribution in [0.15, 0.2) is 22.7 Å². The van der Waals surface area contributed by atoms with Crippen molar-refractivity contribution in [3.63, 3.8) is 0 Å². The van der Waals surface area contributed by atoms with Crippen molar-refractivity contribution >= 4 is 33.4 Å². The highest BCUT2D eigenvalue weighted by molar-refractivity contribution is 9.10. The van der Waals surface area contributed by atoms with Gasteiger partial charge in [0.1, 0.15) is 5.75 Å². The second-order valence-corrected chi connectivity index (χ2v) is 5.84. The summed E-state index contributed by atoms with van der Waals surface area (Å²) in [6.07, 6.45) is 1.93. The molecule has 0 bridgehead atoms. The average Bonchev–Trinajstić information content (AvgIpc) is 2.80. The van der Waals surface area contributed by atoms with E-state index in [2.05, 4.69) is 15.9 Å². The van der Waals surface area contributed by atoms with Crippen LogP contribution in [-0.2, 0) is 0 Å². The minimum absolute atomic E-state index is 0.0315. The van der Waals surface area contributed by atoms with Crippen LogP contribution in [0.1, 0.15) is 23.2 Å². The zero-order chi connectivity index (χ0) is 13.1. The predicted octanol–water partition coefficient (Wildman–Crippen LogP) is 3.25. The van der Waals surface area contributed by atoms with E-state index in [0.717, 1.165) is 30.4 Å². The Hall–Kier alpha value is -0.740. The number of nitrogens with zero attached hydrogens (tertiary/aromatic N) is 1. The first-order chi connectivity index (χ1) is 8.61. The van der Waals surface area contributed by atoms with Gasteiger partial charge in [-0.3, -0.25) is 4.79 Å². The van der Waals surface area contributed by atoms with E-state index in [0.29, 0.717) is 17.4 Å². The van der Waals surface area contributed by atoms with Gasteiger partial charge >= 0.3 is 0 Å². The van der Waals surface area contributed by atoms with Gasteiger partial charge in [-0.2, -0.15) is 0 Å². The quantitative estimate of drug-likeness (QED) is 0.863. The molecule has 18 heavy (non-hydrogen) atoms. The minimum Gasteiger partial charge on any atom is -0.507 e. The van der Waals surface area contributed by atoms with Gasteiger partial charge in [0, 0.05) is 23.4 Å². The number of halogens is 2. The normalized spacial score (nSPS) is 19.2. The molecule has 1 saturated heterocycles. The Bertz CT molecular complexity index is 453. The van der Waals surface area contributed by atoms with Crippen LogP contribution < -0.4 is 0 Å². The van der Waals surface area contributed by atoms with E-state index < -0.39 is 0 Å². The molecule has 1 aromatic carbocycles. The Morgan fingerprint density at radius 2 is 2.33 bits per heavy atom. The summed E-state index contributed by atoms with van der Waals surface area (Å²) in [7, 11) is 0. The van der Waals surface area contributed by atoms with Crippen molar-refractivity contribution in [2.45, 2.75) is 12.8 Å². The smallest absolute Gasteiger partial charge is 0.257 e. The largest absolute Gasteiger partial charge is 0.507 e. The second-order valence-electron chi connectivity index (χ2n) is 4.54. The molecule has 1 amide bonds. The van der Waals surface area contributed by atoms with Crippen LogP contribution in [0.3, 0.4) is 0 Å². The van der Waals surface area contributed by atoms with Gasteiger partial charge in [0.25, 0.3) is 5.91 Å². The molecule has 0 saturated carbocycles. The molecule has 2 rings (SSSR count). The van der Waals surface area contributed by atoms with E-state index >= 15 is 0 Å². The van der Waals surface area contributed by atoms with Crippen molar-refractivity contribution in [3.8, 4) is 5.75 Å². The van der Waals surface area contributed by atoms with Crippen LogP contribution in [0.4, 0.5) is 0 Å². The van der Waals surface area contributed by atoms with Gasteiger partial charge in [0.15, 0.2) is 0 Å². The lowest BCUT2D eigenvalue weighted by molar-refractivity contribution is 0.0784. The monoisotopic (exact) mass is 331 g/mol. The van der Waals surface area contributed by atoms with Gasteiger partial charge in [-0.15, -0.1) is 11.6 Å². The van der Waals surface area contributed by atoms with E-state index in [1.165, 1.54) is 6.07 Å². The highest BCUT2D eigenvalue weighted by atomic mass is 79.9. The third-order valence-corrected chi connectivity index (χ3v) is 3.99. The Kier molecular flexibility index (Phi) is 4.51. The number of aromatic hydroxyl groups is 1. The topological polar surface area (TPSA) is 40.5 Å². The summed E-state index contributed by atoms with van der Waals surface area (Å²) in [6, 6.07) is 4.91. The molecule has 98 valence electrons. The van der Waals surface area contributed by atoms with Crippen molar-refractivity contribution in [2.24, 2.45) is 5.92 Å². The third kappa shape index (κ3) is 2.98. The molecule has 0 aliphatic carbocycles. The number of phenolic OH excluding ortho intramolecular Hbond substituents is 1. The summed E-state index contributed by atoms with van der Waals surface area (Å²) in [4.78, 5) is 14.1. The lowest BCUT2D eigenvalue weighted by Gasteiger charge is -2.17. The van der Waals surface area contributed by atoms with Crippen LogP contribution in [0.25, 0.3) is 0 Å². The first kappa shape index (κ1) is 13.7. The van der Waals surface area contributed by atoms with E-state index in [4.69, 9.17) is 11.6 Å². The lowest BCUT2D eigenvalue weighted by Crippen LogP contribution is -2.28. The molecule has 1 N–H and O–H groups in total. The van der Waals surface area contributed by atoms with E-state index in [-0.39, 0.29) is 11.7 Å². The van der Waals surface area contributed by atoms with Crippen molar-refractivity contribution in [1.82, 2.24) is 4.90 Å². The van der Waals surface area contributed by atoms with Gasteiger partial charge in [0.2, 0.25) is 0 Å². The number of rotatable bonds is 3. The summed E-state index contributed by atoms with van der Waals surface area (Å²) in [5.41, 5.74) is 0.357. The first-order valence-corrected chi connectivity index (χ1v) is 7.28. The molecule has 0 radical (unpaired) electrons. The predicted molar refractivity (Wildman–Crippen MR) is 75.2 cm³/mol. The second kappa shape index (κ2) is 5.93. The molecule has 3 nitrogen and oxygen atoms in total. The Balaban J connectivity index is 2.10. The molecule has 1 unspecified atom stereocenters. The molecular weight excluding hydrogens is 318 g/mol. The van der Waals surface area contributed by atoms with Crippen LogP contribution in [0.5, 0.6) is 5.75 Å². The van der Waals surface area contributed by atoms with Crippen molar-refractivity contribution < 1.29 is 9.90 Å². The van der Waals surface area contributed by atoms with Crippen LogP contribution in [0.2, 0.25) is 0 Å². The standard InChI is InChI=1S/C13H15BrClNO2/c14-10-1-2-12(17)11(7-10)13(18)16-6-4-9(8-16)3-5-15/h1-2,7,9,17H,3-6,8H2. The average molecular weight is 333 g/mol. The zero-order valence-corrected chi connectivity index (χ0v) is 12.2. The molecule has 1 aromatic rings. The summed E-state index contributed by atoms with van der Waals surface area (Å²) >= 11 is 9.03. The van der Waals surface area contributed by atoms with Gasteiger partial charge in [0.05, 0.1) is 5.56 Å². The number of amides is 1. The fourth-order valence-corrected chi connectivity index (χ4v) is 2.93. The Labute approximate surface area is 120 Å². The molecule has 1 fully saturated rings. The number of benzene rings is 1. The number of carbonyl (C=O) groups is 1. The molecule has 5 heteroatoms. The lowest BCUT2D eigenvalue weighted by atomic mass is 10.1. The van der Waals surface area contributed by atoms with E-state index in [1.807, 2.05) is 0 Å². The molecule has 0 spiro atoms. The fourth-order valence-electron chi connectivity index (χ4n) is 2.26. The number of hydrogen-bond donors (Lipinski definition) is 1. The summed E-state index contributed by atoms with van der Waals surface area (Å²) in [5, 5.41) is 9.75. The maximum absolute atomic E-state index is 12.3. The number of likely N-dealkylation sites (tertiary alicyclic amines) is 1. The zero-order valence-electron chi connectivity index (χ0n) is 9.90. The van der Waals surface area contributed by atoms with Gasteiger partial charge in [-0.25, -0.2) is 0 Å². The third-order valence-electron chi connectivity index (χ3n) is 3.28. The number of alkyl halides is 1. The van der Waals surface area contributed by atoms with Crippen LogP contribution in [-0.4, -0.2) is 34.9 Å². The SMILES string of the molecule is O=C(c1cc(Br)ccc1O)N1CCC(CCCl)C1. The number of phenols is 1. The number of carbonyl (C=O) groups excluding carboxylic acids is 1. The van der Waals surface area contributed by atoms with Gasteiger partial charge in [-0.1, -0.05) is 15.9 Å². The van der Waals surface area contributed by atoms with E-state index in [1.54, 1.807) is 17.0 Å². The Morgan fingerprint density at radius 3 is 3.06 bits per heavy atom. The van der Waals surface area contributed by atoms with Crippen LogP contribution in [0, 0.1) is 5.92 Å². The van der Waals surface area contributed by atoms with Gasteiger partial charge < -0.3 is 10.0 Å². The molecule has 1 heterocycles. The molecule has 1 atom stereocenters. The summed E-state index contributed by atoms with van der Waals surface area (Å²) < 4.78 is 0.792. The first-order valence-electron chi connectivity index (χ1n) is 5.95. The minimum atomic E-state index is -0.106. The maximum atomic E-state index is 12.3. The Morgan fingerprint density at radius 1 is 1.56 bits per heavy atom. The van der Waals surface area contributed by atoms with Crippen LogP contribution >= 0.6 is 27.5 Å². The number of hydrogen-bond acceptors (Lipinski definition) is 2. The molecular formula is C13H15BrClNO2. The highest BCUT2D eigenvalue weighted by Gasteiger charge is 2.27. The summed E-state index contributed by atoms with van der Waals surface area (Å²) in [6.45, 7) is 1.48. The molecule has 0 aromatic heterocycles. The van der Waals surface area contributed by atoms with Crippen molar-refractivity contribution in [3.05, 3.63) is 28.2 Å². The summed E-state index contributed by atoms with van der Waals surface area (Å²) in [5.74, 6) is 1.05.